The number of nitrogens with two attached hydrogens (primary N) is 1. The number of morpholine rings is 1. The van der Waals surface area contributed by atoms with E-state index >= 15 is 0 Å². The Morgan fingerprint density at radius 1 is 1.37 bits per heavy atom. The first-order chi connectivity index (χ1) is 9.25. The van der Waals surface area contributed by atoms with Crippen LogP contribution in [0.4, 0.5) is 0 Å². The fourth-order valence-corrected chi connectivity index (χ4v) is 2.15. The lowest BCUT2D eigenvalue weighted by Crippen LogP contribution is -2.43. The van der Waals surface area contributed by atoms with Crippen molar-refractivity contribution in [3.8, 4) is 0 Å². The highest BCUT2D eigenvalue weighted by Crippen LogP contribution is 2.10. The Kier molecular flexibility index (Phi) is 5.41. The van der Waals surface area contributed by atoms with E-state index in [0.717, 1.165) is 19.4 Å². The normalized spacial score (nSPS) is 24.5. The van der Waals surface area contributed by atoms with Crippen LogP contribution in [0.5, 0.6) is 0 Å². The van der Waals surface area contributed by atoms with Crippen LogP contribution in [0.3, 0.4) is 0 Å². The van der Waals surface area contributed by atoms with Crippen molar-refractivity contribution in [1.82, 2.24) is 10.2 Å². The van der Waals surface area contributed by atoms with Crippen molar-refractivity contribution in [2.75, 3.05) is 46.0 Å². The largest absolute Gasteiger partial charge is 0.378 e. The molecule has 2 aliphatic rings. The molecule has 0 aliphatic carbocycles. The molecule has 0 bridgehead atoms. The fraction of sp³-hybridized carbons (Fsp3) is 0.833. The molecule has 7 heteroatoms. The second-order valence-corrected chi connectivity index (χ2v) is 4.71. The molecule has 0 aromatic carbocycles. The first kappa shape index (κ1) is 14.1. The predicted molar refractivity (Wildman–Crippen MR) is 70.9 cm³/mol. The Labute approximate surface area is 113 Å². The summed E-state index contributed by atoms with van der Waals surface area (Å²) in [5, 5.41) is 2.99. The standard InChI is InChI=1S/C12H22N4O3/c13-12(14-8-10-2-1-5-19-10)15-9-11(17)16-3-6-18-7-4-16/h10H,1-9H2,(H3,13,14,15). The number of amides is 1. The summed E-state index contributed by atoms with van der Waals surface area (Å²) in [7, 11) is 0. The SMILES string of the molecule is NC(=NCC(=O)N1CCOCC1)NCC1CCCO1. The number of nitrogens with one attached hydrogen (secondary N) is 1. The fourth-order valence-electron chi connectivity index (χ4n) is 2.15. The van der Waals surface area contributed by atoms with Crippen molar-refractivity contribution in [3.63, 3.8) is 0 Å². The van der Waals surface area contributed by atoms with Crippen molar-refractivity contribution < 1.29 is 14.3 Å². The minimum atomic E-state index is -0.00911. The van der Waals surface area contributed by atoms with Crippen LogP contribution in [0.25, 0.3) is 0 Å². The van der Waals surface area contributed by atoms with Crippen LogP contribution in [0.2, 0.25) is 0 Å². The lowest BCUT2D eigenvalue weighted by atomic mass is 10.2. The van der Waals surface area contributed by atoms with Gasteiger partial charge in [-0.15, -0.1) is 0 Å². The van der Waals surface area contributed by atoms with Crippen LogP contribution >= 0.6 is 0 Å². The van der Waals surface area contributed by atoms with Gasteiger partial charge in [-0.1, -0.05) is 0 Å². The highest BCUT2D eigenvalue weighted by molar-refractivity contribution is 5.84. The van der Waals surface area contributed by atoms with E-state index in [1.54, 1.807) is 4.90 Å². The van der Waals surface area contributed by atoms with Crippen molar-refractivity contribution in [2.24, 2.45) is 10.7 Å². The maximum absolute atomic E-state index is 11.8. The number of carbonyl (C=O) groups excluding carboxylic acids is 1. The topological polar surface area (TPSA) is 89.2 Å². The molecule has 3 N–H and O–H groups in total. The molecular weight excluding hydrogens is 248 g/mol. The Bertz CT molecular complexity index is 323. The van der Waals surface area contributed by atoms with Gasteiger partial charge in [-0.05, 0) is 12.8 Å². The van der Waals surface area contributed by atoms with Gasteiger partial charge >= 0.3 is 0 Å². The minimum Gasteiger partial charge on any atom is -0.378 e. The molecule has 2 fully saturated rings. The molecule has 1 atom stereocenters. The van der Waals surface area contributed by atoms with Gasteiger partial charge in [0.2, 0.25) is 5.91 Å². The predicted octanol–water partition coefficient (Wildman–Crippen LogP) is -1.07. The maximum atomic E-state index is 11.8. The van der Waals surface area contributed by atoms with E-state index in [0.29, 0.717) is 38.8 Å². The third-order valence-corrected chi connectivity index (χ3v) is 3.28. The van der Waals surface area contributed by atoms with Crippen LogP contribution < -0.4 is 11.1 Å². The van der Waals surface area contributed by atoms with E-state index < -0.39 is 0 Å². The number of hydrogen-bond donors (Lipinski definition) is 2. The maximum Gasteiger partial charge on any atom is 0.244 e. The lowest BCUT2D eigenvalue weighted by Gasteiger charge is -2.26. The third-order valence-electron chi connectivity index (χ3n) is 3.28. The van der Waals surface area contributed by atoms with Crippen molar-refractivity contribution in [2.45, 2.75) is 18.9 Å². The van der Waals surface area contributed by atoms with Crippen molar-refractivity contribution >= 4 is 11.9 Å². The van der Waals surface area contributed by atoms with E-state index in [9.17, 15) is 4.79 Å². The Balaban J connectivity index is 1.66. The smallest absolute Gasteiger partial charge is 0.244 e. The highest BCUT2D eigenvalue weighted by atomic mass is 16.5. The van der Waals surface area contributed by atoms with Gasteiger partial charge in [0.25, 0.3) is 0 Å². The van der Waals surface area contributed by atoms with Crippen LogP contribution in [-0.4, -0.2) is 68.9 Å². The van der Waals surface area contributed by atoms with Gasteiger partial charge in [-0.2, -0.15) is 0 Å². The van der Waals surface area contributed by atoms with E-state index in [-0.39, 0.29) is 18.6 Å². The molecule has 2 rings (SSSR count). The molecule has 2 heterocycles. The monoisotopic (exact) mass is 270 g/mol. The van der Waals surface area contributed by atoms with E-state index in [1.807, 2.05) is 0 Å². The number of nitrogens with zero attached hydrogens (tertiary/aromatic N) is 2. The highest BCUT2D eigenvalue weighted by Gasteiger charge is 2.17. The number of ether oxygens (including phenoxy) is 2. The summed E-state index contributed by atoms with van der Waals surface area (Å²) in [6.07, 6.45) is 2.36. The molecule has 108 valence electrons. The van der Waals surface area contributed by atoms with Gasteiger partial charge in [-0.3, -0.25) is 4.79 Å². The Hall–Kier alpha value is -1.34. The van der Waals surface area contributed by atoms with Gasteiger partial charge in [0.1, 0.15) is 6.54 Å². The van der Waals surface area contributed by atoms with Gasteiger partial charge in [-0.25, -0.2) is 4.99 Å². The van der Waals surface area contributed by atoms with Crippen molar-refractivity contribution in [1.29, 1.82) is 0 Å². The average molecular weight is 270 g/mol. The van der Waals surface area contributed by atoms with E-state index in [1.165, 1.54) is 0 Å². The first-order valence-corrected chi connectivity index (χ1v) is 6.76. The number of rotatable bonds is 4. The summed E-state index contributed by atoms with van der Waals surface area (Å²) in [5.74, 6) is 0.294. The van der Waals surface area contributed by atoms with Gasteiger partial charge in [0.05, 0.1) is 19.3 Å². The van der Waals surface area contributed by atoms with Crippen LogP contribution in [0, 0.1) is 0 Å². The molecule has 2 aliphatic heterocycles. The lowest BCUT2D eigenvalue weighted by molar-refractivity contribution is -0.133. The van der Waals surface area contributed by atoms with Crippen LogP contribution in [0.15, 0.2) is 4.99 Å². The summed E-state index contributed by atoms with van der Waals surface area (Å²) >= 11 is 0. The Morgan fingerprint density at radius 2 is 2.16 bits per heavy atom. The second-order valence-electron chi connectivity index (χ2n) is 4.71. The molecule has 0 radical (unpaired) electrons. The molecule has 2 saturated heterocycles. The molecule has 7 nitrogen and oxygen atoms in total. The van der Waals surface area contributed by atoms with Crippen LogP contribution in [0.1, 0.15) is 12.8 Å². The van der Waals surface area contributed by atoms with Gasteiger partial charge in [0.15, 0.2) is 5.96 Å². The molecular formula is C12H22N4O3. The number of aliphatic imine (C=N–C) groups is 1. The van der Waals surface area contributed by atoms with E-state index in [4.69, 9.17) is 15.2 Å². The molecule has 1 unspecified atom stereocenters. The zero-order chi connectivity index (χ0) is 13.5. The molecule has 0 aromatic rings. The minimum absolute atomic E-state index is 0.00911. The summed E-state index contributed by atoms with van der Waals surface area (Å²) in [4.78, 5) is 17.6. The van der Waals surface area contributed by atoms with Gasteiger partial charge in [0, 0.05) is 26.2 Å². The third kappa shape index (κ3) is 4.68. The number of carbonyl (C=O) groups is 1. The quantitative estimate of drug-likeness (QED) is 0.501. The zero-order valence-electron chi connectivity index (χ0n) is 11.1. The Morgan fingerprint density at radius 3 is 2.84 bits per heavy atom. The summed E-state index contributed by atoms with van der Waals surface area (Å²) in [5.41, 5.74) is 5.72. The summed E-state index contributed by atoms with van der Waals surface area (Å²) < 4.78 is 10.7. The van der Waals surface area contributed by atoms with E-state index in [2.05, 4.69) is 10.3 Å². The molecule has 0 aromatic heterocycles. The average Bonchev–Trinajstić information content (AvgIpc) is 2.96. The molecule has 0 saturated carbocycles. The zero-order valence-corrected chi connectivity index (χ0v) is 11.1. The summed E-state index contributed by atoms with van der Waals surface area (Å²) in [6, 6.07) is 0. The molecule has 0 spiro atoms. The summed E-state index contributed by atoms with van der Waals surface area (Å²) in [6.45, 7) is 4.03. The van der Waals surface area contributed by atoms with Crippen molar-refractivity contribution in [3.05, 3.63) is 0 Å². The molecule has 1 amide bonds. The number of hydrogen-bond acceptors (Lipinski definition) is 4. The van der Waals surface area contributed by atoms with Gasteiger partial charge < -0.3 is 25.4 Å². The van der Waals surface area contributed by atoms with Crippen LogP contribution in [-0.2, 0) is 14.3 Å². The molecule has 19 heavy (non-hydrogen) atoms. The second kappa shape index (κ2) is 7.30. The number of guanidine groups is 1. The first-order valence-electron chi connectivity index (χ1n) is 6.76.